The van der Waals surface area contributed by atoms with Gasteiger partial charge < -0.3 is 0 Å². The second kappa shape index (κ2) is 10.6. The summed E-state index contributed by atoms with van der Waals surface area (Å²) in [7, 11) is 0. The van der Waals surface area contributed by atoms with E-state index in [4.69, 9.17) is 15.0 Å². The smallest absolute Gasteiger partial charge is 0.160 e. The number of thiophene rings is 1. The molecule has 4 heteroatoms. The lowest BCUT2D eigenvalue weighted by Crippen LogP contribution is -2.05. The Morgan fingerprint density at radius 1 is 0.578 bits per heavy atom. The molecule has 3 heterocycles. The SMILES string of the molecule is C1=CC(c2nc(-c3cccc(-c4nc5ccccc5c5c4sc4ccccc45)c3)nc3ccccc23)CC=C1c1ccccc1. The van der Waals surface area contributed by atoms with Crippen molar-refractivity contribution in [1.29, 1.82) is 0 Å². The van der Waals surface area contributed by atoms with Gasteiger partial charge in [-0.25, -0.2) is 15.0 Å². The van der Waals surface area contributed by atoms with Crippen LogP contribution in [0.15, 0.2) is 146 Å². The molecule has 0 fully saturated rings. The zero-order valence-electron chi connectivity index (χ0n) is 24.4. The Bertz CT molecular complexity index is 2470. The van der Waals surface area contributed by atoms with Crippen LogP contribution in [0.5, 0.6) is 0 Å². The highest BCUT2D eigenvalue weighted by atomic mass is 32.1. The fourth-order valence-electron chi connectivity index (χ4n) is 6.62. The van der Waals surface area contributed by atoms with Crippen molar-refractivity contribution in [2.45, 2.75) is 12.3 Å². The van der Waals surface area contributed by atoms with Crippen LogP contribution in [-0.4, -0.2) is 15.0 Å². The summed E-state index contributed by atoms with van der Waals surface area (Å²) >= 11 is 1.81. The van der Waals surface area contributed by atoms with Crippen LogP contribution in [0.3, 0.4) is 0 Å². The number of hydrogen-bond donors (Lipinski definition) is 0. The number of pyridine rings is 1. The van der Waals surface area contributed by atoms with Crippen molar-refractivity contribution >= 4 is 58.9 Å². The molecule has 0 radical (unpaired) electrons. The third-order valence-corrected chi connectivity index (χ3v) is 9.98. The number of nitrogens with zero attached hydrogens (tertiary/aromatic N) is 3. The van der Waals surface area contributed by atoms with Crippen molar-refractivity contribution in [3.8, 4) is 22.6 Å². The van der Waals surface area contributed by atoms with E-state index in [1.807, 2.05) is 11.3 Å². The molecule has 212 valence electrons. The van der Waals surface area contributed by atoms with Crippen molar-refractivity contribution in [1.82, 2.24) is 15.0 Å². The second-order valence-electron chi connectivity index (χ2n) is 11.5. The lowest BCUT2D eigenvalue weighted by atomic mass is 9.89. The van der Waals surface area contributed by atoms with Gasteiger partial charge in [0.05, 0.1) is 27.1 Å². The zero-order chi connectivity index (χ0) is 29.7. The van der Waals surface area contributed by atoms with Gasteiger partial charge in [-0.2, -0.15) is 0 Å². The maximum absolute atomic E-state index is 5.26. The van der Waals surface area contributed by atoms with Crippen molar-refractivity contribution in [3.05, 3.63) is 157 Å². The highest BCUT2D eigenvalue weighted by Crippen LogP contribution is 2.43. The van der Waals surface area contributed by atoms with E-state index < -0.39 is 0 Å². The Morgan fingerprint density at radius 3 is 2.09 bits per heavy atom. The molecular formula is C41H27N3S. The first kappa shape index (κ1) is 26.0. The van der Waals surface area contributed by atoms with Gasteiger partial charge in [-0.3, -0.25) is 0 Å². The average molecular weight is 594 g/mol. The fourth-order valence-corrected chi connectivity index (χ4v) is 7.84. The van der Waals surface area contributed by atoms with Crippen LogP contribution in [0.4, 0.5) is 0 Å². The Kier molecular flexibility index (Phi) is 6.13. The predicted molar refractivity (Wildman–Crippen MR) is 190 cm³/mol. The molecule has 0 amide bonds. The Morgan fingerprint density at radius 2 is 1.27 bits per heavy atom. The van der Waals surface area contributed by atoms with Crippen LogP contribution in [0.25, 0.3) is 70.2 Å². The highest BCUT2D eigenvalue weighted by molar-refractivity contribution is 7.26. The van der Waals surface area contributed by atoms with Crippen molar-refractivity contribution < 1.29 is 0 Å². The van der Waals surface area contributed by atoms with Crippen molar-refractivity contribution in [3.63, 3.8) is 0 Å². The molecule has 0 spiro atoms. The van der Waals surface area contributed by atoms with E-state index in [1.165, 1.54) is 36.7 Å². The zero-order valence-corrected chi connectivity index (χ0v) is 25.2. The van der Waals surface area contributed by atoms with E-state index in [1.54, 1.807) is 0 Å². The van der Waals surface area contributed by atoms with Crippen molar-refractivity contribution in [2.24, 2.45) is 0 Å². The number of benzene rings is 5. The molecular weight excluding hydrogens is 567 g/mol. The standard InChI is InChI=1S/C41H27N3S/c1-2-11-26(12-3-1)27-21-23-28(24-22-27)38-32-16-5-8-19-35(32)43-41(44-38)30-14-10-13-29(25-30)39-40-37(31-15-4-7-18-34(31)42-39)33-17-6-9-20-36(33)45-40/h1-23,25,28H,24H2. The summed E-state index contributed by atoms with van der Waals surface area (Å²) < 4.78 is 2.48. The van der Waals surface area contributed by atoms with Crippen LogP contribution >= 0.6 is 11.3 Å². The maximum Gasteiger partial charge on any atom is 0.160 e. The number of hydrogen-bond acceptors (Lipinski definition) is 4. The molecule has 1 unspecified atom stereocenters. The van der Waals surface area contributed by atoms with Gasteiger partial charge in [0.15, 0.2) is 5.82 Å². The van der Waals surface area contributed by atoms with Gasteiger partial charge in [-0.1, -0.05) is 121 Å². The first-order valence-corrected chi connectivity index (χ1v) is 16.1. The number of aromatic nitrogens is 3. The maximum atomic E-state index is 5.26. The minimum absolute atomic E-state index is 0.174. The predicted octanol–water partition coefficient (Wildman–Crippen LogP) is 11.0. The summed E-state index contributed by atoms with van der Waals surface area (Å²) in [5, 5.41) is 4.85. The molecule has 0 saturated carbocycles. The number of rotatable bonds is 4. The average Bonchev–Trinajstić information content (AvgIpc) is 3.51. The molecule has 0 N–H and O–H groups in total. The van der Waals surface area contributed by atoms with Gasteiger partial charge in [0.25, 0.3) is 0 Å². The summed E-state index contributed by atoms with van der Waals surface area (Å²) in [4.78, 5) is 15.6. The van der Waals surface area contributed by atoms with Gasteiger partial charge >= 0.3 is 0 Å². The van der Waals surface area contributed by atoms with Crippen LogP contribution in [0.2, 0.25) is 0 Å². The van der Waals surface area contributed by atoms with E-state index in [0.717, 1.165) is 51.2 Å². The van der Waals surface area contributed by atoms with Gasteiger partial charge in [0.2, 0.25) is 0 Å². The Balaban J connectivity index is 1.17. The molecule has 3 aromatic heterocycles. The lowest BCUT2D eigenvalue weighted by Gasteiger charge is -2.19. The molecule has 1 aliphatic rings. The van der Waals surface area contributed by atoms with Crippen LogP contribution < -0.4 is 0 Å². The van der Waals surface area contributed by atoms with Crippen LogP contribution in [0, 0.1) is 0 Å². The van der Waals surface area contributed by atoms with E-state index in [2.05, 4.69) is 146 Å². The largest absolute Gasteiger partial charge is 0.246 e. The van der Waals surface area contributed by atoms with Crippen LogP contribution in [0.1, 0.15) is 23.6 Å². The van der Waals surface area contributed by atoms with E-state index in [9.17, 15) is 0 Å². The third-order valence-electron chi connectivity index (χ3n) is 8.80. The summed E-state index contributed by atoms with van der Waals surface area (Å²) in [6.45, 7) is 0. The lowest BCUT2D eigenvalue weighted by molar-refractivity contribution is 0.825. The molecule has 9 rings (SSSR count). The molecule has 8 aromatic rings. The van der Waals surface area contributed by atoms with Gasteiger partial charge in [-0.05, 0) is 41.8 Å². The molecule has 1 aliphatic carbocycles. The molecule has 0 bridgehead atoms. The normalized spacial score (nSPS) is 14.8. The van der Waals surface area contributed by atoms with Gasteiger partial charge in [-0.15, -0.1) is 11.3 Å². The molecule has 1 atom stereocenters. The quantitative estimate of drug-likeness (QED) is 0.204. The molecule has 0 aliphatic heterocycles. The number of allylic oxidation sites excluding steroid dienone is 4. The first-order valence-electron chi connectivity index (χ1n) is 15.3. The summed E-state index contributed by atoms with van der Waals surface area (Å²) in [5.74, 6) is 0.915. The summed E-state index contributed by atoms with van der Waals surface area (Å²) in [5.41, 5.74) is 8.60. The molecule has 0 saturated heterocycles. The number of fused-ring (bicyclic) bond motifs is 6. The highest BCUT2D eigenvalue weighted by Gasteiger charge is 2.20. The van der Waals surface area contributed by atoms with Crippen LogP contribution in [-0.2, 0) is 0 Å². The van der Waals surface area contributed by atoms with E-state index in [0.29, 0.717) is 0 Å². The summed E-state index contributed by atoms with van der Waals surface area (Å²) in [6.07, 6.45) is 7.77. The van der Waals surface area contributed by atoms with Gasteiger partial charge in [0.1, 0.15) is 0 Å². The minimum atomic E-state index is 0.174. The Labute approximate surface area is 264 Å². The topological polar surface area (TPSA) is 38.7 Å². The van der Waals surface area contributed by atoms with Gasteiger partial charge in [0, 0.05) is 43.3 Å². The third kappa shape index (κ3) is 4.45. The number of para-hydroxylation sites is 2. The molecule has 3 nitrogen and oxygen atoms in total. The molecule has 45 heavy (non-hydrogen) atoms. The fraction of sp³-hybridized carbons (Fsp3) is 0.0488. The Hall–Kier alpha value is -5.45. The van der Waals surface area contributed by atoms with E-state index >= 15 is 0 Å². The van der Waals surface area contributed by atoms with Crippen molar-refractivity contribution in [2.75, 3.05) is 0 Å². The second-order valence-corrected chi connectivity index (χ2v) is 12.6. The minimum Gasteiger partial charge on any atom is -0.246 e. The monoisotopic (exact) mass is 593 g/mol. The summed E-state index contributed by atoms with van der Waals surface area (Å²) in [6, 6.07) is 44.7. The molecule has 5 aromatic carbocycles. The first-order chi connectivity index (χ1) is 22.3. The van der Waals surface area contributed by atoms with E-state index in [-0.39, 0.29) is 5.92 Å².